The van der Waals surface area contributed by atoms with Crippen molar-refractivity contribution in [2.45, 2.75) is 167 Å². The highest BCUT2D eigenvalue weighted by Crippen LogP contribution is 2.29. The van der Waals surface area contributed by atoms with Crippen LogP contribution in [-0.4, -0.2) is 8.07 Å². The summed E-state index contributed by atoms with van der Waals surface area (Å²) >= 11 is 0. The molecule has 1 aliphatic heterocycles. The average Bonchev–Trinajstić information content (AvgIpc) is 3.25. The third-order valence-corrected chi connectivity index (χ3v) is 11.7. The largest absolute Gasteiger partial charge is 0.102 e. The summed E-state index contributed by atoms with van der Waals surface area (Å²) in [5.41, 5.74) is 5.30. The maximum atomic E-state index is 2.65. The summed E-state index contributed by atoms with van der Waals surface area (Å²) in [6.45, 7) is 4.62. The fourth-order valence-corrected chi connectivity index (χ4v) is 9.08. The lowest BCUT2D eigenvalue weighted by Crippen LogP contribution is -2.27. The molecule has 182 valence electrons. The summed E-state index contributed by atoms with van der Waals surface area (Å²) in [6.07, 6.45) is 36.9. The van der Waals surface area contributed by atoms with Crippen LogP contribution in [0.15, 0.2) is 23.6 Å². The van der Waals surface area contributed by atoms with Gasteiger partial charge in [0.1, 0.15) is 8.07 Å². The molecule has 0 N–H and O–H groups in total. The van der Waals surface area contributed by atoms with Gasteiger partial charge in [0.2, 0.25) is 0 Å². The molecule has 0 aromatic rings. The second kappa shape index (κ2) is 21.5. The van der Waals surface area contributed by atoms with Gasteiger partial charge in [-0.25, -0.2) is 0 Å². The van der Waals surface area contributed by atoms with Crippen molar-refractivity contribution < 1.29 is 0 Å². The van der Waals surface area contributed by atoms with Gasteiger partial charge >= 0.3 is 0 Å². The molecule has 1 aliphatic rings. The van der Waals surface area contributed by atoms with Crippen LogP contribution in [0.5, 0.6) is 0 Å². The molecule has 0 aliphatic carbocycles. The van der Waals surface area contributed by atoms with Gasteiger partial charge in [0.15, 0.2) is 0 Å². The van der Waals surface area contributed by atoms with Gasteiger partial charge in [0.25, 0.3) is 0 Å². The molecule has 1 heterocycles. The zero-order valence-corrected chi connectivity index (χ0v) is 22.8. The lowest BCUT2D eigenvalue weighted by molar-refractivity contribution is 0.552. The minimum Gasteiger partial charge on any atom is -0.0904 e. The van der Waals surface area contributed by atoms with E-state index in [1.807, 2.05) is 0 Å². The first-order chi connectivity index (χ1) is 15.3. The summed E-state index contributed by atoms with van der Waals surface area (Å²) in [5, 5.41) is 0. The SMILES string of the molecule is CCCCCCCCCCCCC[Si]1(CCCCCCCCCCCCC)C=CC=C1. The van der Waals surface area contributed by atoms with Crippen LogP contribution in [0.2, 0.25) is 12.1 Å². The highest BCUT2D eigenvalue weighted by Gasteiger charge is 2.27. The molecule has 0 atom stereocenters. The minimum atomic E-state index is -1.18. The monoisotopic (exact) mass is 446 g/mol. The maximum Gasteiger partial charge on any atom is 0.102 e. The van der Waals surface area contributed by atoms with Crippen LogP contribution in [-0.2, 0) is 0 Å². The second-order valence-corrected chi connectivity index (χ2v) is 14.7. The topological polar surface area (TPSA) is 0 Å². The van der Waals surface area contributed by atoms with Crippen molar-refractivity contribution in [1.82, 2.24) is 0 Å². The van der Waals surface area contributed by atoms with Crippen LogP contribution in [0.3, 0.4) is 0 Å². The van der Waals surface area contributed by atoms with Gasteiger partial charge in [-0.15, -0.1) is 0 Å². The Morgan fingerprint density at radius 2 is 0.613 bits per heavy atom. The number of rotatable bonds is 24. The Kier molecular flexibility index (Phi) is 20.0. The van der Waals surface area contributed by atoms with E-state index in [-0.39, 0.29) is 0 Å². The minimum absolute atomic E-state index is 1.18. The van der Waals surface area contributed by atoms with E-state index in [4.69, 9.17) is 0 Å². The fourth-order valence-electron chi connectivity index (χ4n) is 5.24. The van der Waals surface area contributed by atoms with E-state index in [1.165, 1.54) is 153 Å². The zero-order chi connectivity index (χ0) is 22.3. The van der Waals surface area contributed by atoms with Crippen LogP contribution in [0.4, 0.5) is 0 Å². The van der Waals surface area contributed by atoms with E-state index in [0.717, 1.165) is 0 Å². The Labute approximate surface area is 198 Å². The molecule has 0 saturated carbocycles. The van der Waals surface area contributed by atoms with Gasteiger partial charge in [0, 0.05) is 0 Å². The maximum absolute atomic E-state index is 2.65. The van der Waals surface area contributed by atoms with Crippen molar-refractivity contribution in [2.24, 2.45) is 0 Å². The Bertz CT molecular complexity index is 382. The van der Waals surface area contributed by atoms with Crippen molar-refractivity contribution in [3.63, 3.8) is 0 Å². The molecular weight excluding hydrogens is 388 g/mol. The predicted octanol–water partition coefficient (Wildman–Crippen LogP) is 11.3. The molecule has 0 aromatic carbocycles. The number of unbranched alkanes of at least 4 members (excludes halogenated alkanes) is 20. The molecule has 0 spiro atoms. The van der Waals surface area contributed by atoms with Crippen molar-refractivity contribution in [3.05, 3.63) is 23.6 Å². The van der Waals surface area contributed by atoms with Gasteiger partial charge in [0.05, 0.1) is 0 Å². The molecule has 1 heteroatoms. The summed E-state index contributed by atoms with van der Waals surface area (Å²) < 4.78 is 0. The number of hydrogen-bond acceptors (Lipinski definition) is 0. The summed E-state index contributed by atoms with van der Waals surface area (Å²) in [4.78, 5) is 0. The van der Waals surface area contributed by atoms with E-state index < -0.39 is 8.07 Å². The normalized spacial score (nSPS) is 14.6. The smallest absolute Gasteiger partial charge is 0.0904 e. The number of allylic oxidation sites excluding steroid dienone is 2. The van der Waals surface area contributed by atoms with Crippen molar-refractivity contribution in [3.8, 4) is 0 Å². The molecule has 0 radical (unpaired) electrons. The lowest BCUT2D eigenvalue weighted by Gasteiger charge is -2.23. The standard InChI is InChI=1S/C30H58Si/c1-3-5-7-9-11-13-15-17-19-21-23-27-31(29-25-26-30-31)28-24-22-20-18-16-14-12-10-8-6-4-2/h25-26,29-30H,3-24,27-28H2,1-2H3. The Balaban J connectivity index is 1.95. The van der Waals surface area contributed by atoms with Gasteiger partial charge in [-0.1, -0.05) is 191 Å². The van der Waals surface area contributed by atoms with Gasteiger partial charge < -0.3 is 0 Å². The van der Waals surface area contributed by atoms with E-state index in [9.17, 15) is 0 Å². The second-order valence-electron chi connectivity index (χ2n) is 10.5. The molecular formula is C30H58Si. The fraction of sp³-hybridized carbons (Fsp3) is 0.867. The molecule has 0 nitrogen and oxygen atoms in total. The van der Waals surface area contributed by atoms with Crippen LogP contribution < -0.4 is 0 Å². The van der Waals surface area contributed by atoms with Crippen LogP contribution in [0.25, 0.3) is 0 Å². The van der Waals surface area contributed by atoms with E-state index in [0.29, 0.717) is 0 Å². The molecule has 31 heavy (non-hydrogen) atoms. The third kappa shape index (κ3) is 16.9. The number of hydrogen-bond donors (Lipinski definition) is 0. The molecule has 0 aromatic heterocycles. The molecule has 0 amide bonds. The van der Waals surface area contributed by atoms with Crippen molar-refractivity contribution in [2.75, 3.05) is 0 Å². The molecule has 1 rings (SSSR count). The van der Waals surface area contributed by atoms with Crippen molar-refractivity contribution >= 4 is 8.07 Å². The Hall–Kier alpha value is -0.303. The molecule has 0 saturated heterocycles. The summed E-state index contributed by atoms with van der Waals surface area (Å²) in [5.74, 6) is 0. The lowest BCUT2D eigenvalue weighted by atomic mass is 10.1. The quantitative estimate of drug-likeness (QED) is 0.102. The average molecular weight is 447 g/mol. The first kappa shape index (κ1) is 28.7. The first-order valence-electron chi connectivity index (χ1n) is 14.7. The van der Waals surface area contributed by atoms with E-state index in [1.54, 1.807) is 0 Å². The van der Waals surface area contributed by atoms with Crippen molar-refractivity contribution in [1.29, 1.82) is 0 Å². The summed E-state index contributed by atoms with van der Waals surface area (Å²) in [7, 11) is -1.18. The van der Waals surface area contributed by atoms with Gasteiger partial charge in [-0.2, -0.15) is 0 Å². The first-order valence-corrected chi connectivity index (χ1v) is 17.3. The Morgan fingerprint density at radius 3 is 0.903 bits per heavy atom. The predicted molar refractivity (Wildman–Crippen MR) is 147 cm³/mol. The Morgan fingerprint density at radius 1 is 0.355 bits per heavy atom. The van der Waals surface area contributed by atoms with E-state index >= 15 is 0 Å². The van der Waals surface area contributed by atoms with Gasteiger partial charge in [-0.3, -0.25) is 0 Å². The molecule has 0 bridgehead atoms. The molecule has 0 unspecified atom stereocenters. The molecule has 0 fully saturated rings. The zero-order valence-electron chi connectivity index (χ0n) is 21.8. The third-order valence-electron chi connectivity index (χ3n) is 7.46. The summed E-state index contributed by atoms with van der Waals surface area (Å²) in [6, 6.07) is 3.05. The van der Waals surface area contributed by atoms with Crippen LogP contribution >= 0.6 is 0 Å². The highest BCUT2D eigenvalue weighted by molar-refractivity contribution is 6.89. The van der Waals surface area contributed by atoms with Crippen LogP contribution in [0, 0.1) is 0 Å². The van der Waals surface area contributed by atoms with Gasteiger partial charge in [-0.05, 0) is 0 Å². The van der Waals surface area contributed by atoms with Crippen LogP contribution in [0.1, 0.15) is 155 Å². The van der Waals surface area contributed by atoms with E-state index in [2.05, 4.69) is 37.4 Å². The highest BCUT2D eigenvalue weighted by atomic mass is 28.3.